The molecule has 212 valence electrons. The van der Waals surface area contributed by atoms with Crippen molar-refractivity contribution >= 4 is 47.2 Å². The summed E-state index contributed by atoms with van der Waals surface area (Å²) in [6, 6.07) is 11.9. The van der Waals surface area contributed by atoms with Gasteiger partial charge in [-0.3, -0.25) is 0 Å². The third-order valence-corrected chi connectivity index (χ3v) is 17.2. The van der Waals surface area contributed by atoms with E-state index in [1.54, 1.807) is 19.3 Å². The first-order valence-corrected chi connectivity index (χ1v) is 21.6. The fourth-order valence-electron chi connectivity index (χ4n) is 5.05. The second-order valence-electron chi connectivity index (χ2n) is 13.2. The Morgan fingerprint density at radius 3 is 2.26 bits per heavy atom. The SMILES string of the molecule is CCOC(=O)[C@@H]1C[C@@](C)([Se]c2ccccc2)[C@@H](O[Si](C)(C)C(C)(C)C)[C@@H](O)[C@@]1(O)c1ccoc1[Si](C)(C)C. The molecular weight excluding hydrogens is 579 g/mol. The first kappa shape index (κ1) is 31.3. The first-order chi connectivity index (χ1) is 17.4. The zero-order valence-electron chi connectivity index (χ0n) is 24.6. The topological polar surface area (TPSA) is 89.1 Å². The van der Waals surface area contributed by atoms with E-state index < -0.39 is 50.4 Å². The fraction of sp³-hybridized carbons (Fsp3) is 0.621. The second-order valence-corrected chi connectivity index (χ2v) is 26.3. The minimum atomic E-state index is -2.39. The monoisotopic (exact) mass is 626 g/mol. The first-order valence-electron chi connectivity index (χ1n) is 13.5. The van der Waals surface area contributed by atoms with E-state index in [-0.39, 0.29) is 26.6 Å². The van der Waals surface area contributed by atoms with Crippen LogP contribution < -0.4 is 9.85 Å². The maximum atomic E-state index is 13.6. The summed E-state index contributed by atoms with van der Waals surface area (Å²) < 4.78 is 19.0. The molecule has 0 bridgehead atoms. The normalized spacial score (nSPS) is 28.8. The zero-order chi connectivity index (χ0) is 28.7. The molecule has 6 nitrogen and oxygen atoms in total. The standard InChI is InChI=1S/C29H46O6SeSi2/c1-11-33-25(31)22-19-28(5,36-20-15-13-12-14-16-20)24(35-38(9,10)27(2,3)4)23(30)29(22,32)21-17-18-34-26(21)37(6,7)8/h12-18,22-24,30,32H,11,19H2,1-10H3/t22-,23+,24-,28+,29+/m0/s1. The Labute approximate surface area is 236 Å². The van der Waals surface area contributed by atoms with Gasteiger partial charge in [-0.15, -0.1) is 0 Å². The summed E-state index contributed by atoms with van der Waals surface area (Å²) in [5.74, 6) is -1.47. The van der Waals surface area contributed by atoms with Crippen LogP contribution in [0.3, 0.4) is 0 Å². The summed E-state index contributed by atoms with van der Waals surface area (Å²) in [4.78, 5) is 13.6. The molecule has 1 saturated carbocycles. The van der Waals surface area contributed by atoms with Gasteiger partial charge in [0.1, 0.15) is 0 Å². The van der Waals surface area contributed by atoms with Gasteiger partial charge >= 0.3 is 237 Å². The van der Waals surface area contributed by atoms with E-state index in [9.17, 15) is 15.0 Å². The van der Waals surface area contributed by atoms with Crippen LogP contribution in [0.4, 0.5) is 0 Å². The van der Waals surface area contributed by atoms with Crippen molar-refractivity contribution in [3.05, 3.63) is 48.2 Å². The quantitative estimate of drug-likeness (QED) is 0.331. The number of aliphatic hydroxyl groups is 2. The van der Waals surface area contributed by atoms with Gasteiger partial charge in [-0.1, -0.05) is 0 Å². The Bertz CT molecular complexity index is 1110. The van der Waals surface area contributed by atoms with E-state index in [1.807, 2.05) is 18.2 Å². The van der Waals surface area contributed by atoms with Gasteiger partial charge in [0.2, 0.25) is 0 Å². The maximum absolute atomic E-state index is 13.6. The molecule has 0 aliphatic heterocycles. The number of carbonyl (C=O) groups is 1. The number of rotatable bonds is 8. The number of esters is 1. The number of hydrogen-bond donors (Lipinski definition) is 2. The molecule has 1 aromatic carbocycles. The molecule has 3 rings (SSSR count). The van der Waals surface area contributed by atoms with Gasteiger partial charge in [0.05, 0.1) is 0 Å². The summed E-state index contributed by atoms with van der Waals surface area (Å²) in [7, 11) is -4.48. The van der Waals surface area contributed by atoms with Crippen molar-refractivity contribution in [1.82, 2.24) is 0 Å². The second kappa shape index (κ2) is 11.0. The molecule has 5 atom stereocenters. The van der Waals surface area contributed by atoms with Crippen LogP contribution in [0.5, 0.6) is 0 Å². The van der Waals surface area contributed by atoms with Crippen LogP contribution in [0.1, 0.15) is 46.6 Å². The Hall–Kier alpha value is -1.20. The Balaban J connectivity index is 2.25. The molecule has 1 aliphatic rings. The number of furan rings is 1. The van der Waals surface area contributed by atoms with E-state index in [0.29, 0.717) is 17.4 Å². The average molecular weight is 626 g/mol. The van der Waals surface area contributed by atoms with E-state index in [0.717, 1.165) is 4.46 Å². The molecule has 1 heterocycles. The number of hydrogen-bond acceptors (Lipinski definition) is 6. The Morgan fingerprint density at radius 2 is 1.74 bits per heavy atom. The van der Waals surface area contributed by atoms with Crippen molar-refractivity contribution in [2.24, 2.45) is 5.92 Å². The molecule has 1 aromatic heterocycles. The molecule has 2 aromatic rings. The molecule has 2 N–H and O–H groups in total. The van der Waals surface area contributed by atoms with Crippen molar-refractivity contribution in [2.75, 3.05) is 6.61 Å². The van der Waals surface area contributed by atoms with Gasteiger partial charge in [-0.25, -0.2) is 0 Å². The van der Waals surface area contributed by atoms with Crippen LogP contribution in [0.25, 0.3) is 0 Å². The molecule has 38 heavy (non-hydrogen) atoms. The van der Waals surface area contributed by atoms with Crippen LogP contribution in [-0.4, -0.2) is 66.3 Å². The fourth-order valence-corrected chi connectivity index (χ4v) is 11.0. The van der Waals surface area contributed by atoms with Crippen LogP contribution in [0, 0.1) is 5.92 Å². The van der Waals surface area contributed by atoms with Crippen molar-refractivity contribution in [3.8, 4) is 0 Å². The van der Waals surface area contributed by atoms with E-state index in [1.165, 1.54) is 0 Å². The molecular formula is C29H46O6SeSi2. The molecule has 0 amide bonds. The third-order valence-electron chi connectivity index (χ3n) is 8.15. The summed E-state index contributed by atoms with van der Waals surface area (Å²) in [5.41, 5.74) is -1.42. The molecule has 0 saturated heterocycles. The van der Waals surface area contributed by atoms with Crippen molar-refractivity contribution in [3.63, 3.8) is 0 Å². The third kappa shape index (κ3) is 5.94. The predicted octanol–water partition coefficient (Wildman–Crippen LogP) is 4.56. The van der Waals surface area contributed by atoms with Gasteiger partial charge in [0, 0.05) is 0 Å². The number of ether oxygens (including phenoxy) is 1. The average Bonchev–Trinajstić information content (AvgIpc) is 3.31. The predicted molar refractivity (Wildman–Crippen MR) is 159 cm³/mol. The molecule has 0 radical (unpaired) electrons. The van der Waals surface area contributed by atoms with Gasteiger partial charge in [-0.2, -0.15) is 0 Å². The number of aliphatic hydroxyl groups excluding tert-OH is 1. The number of benzene rings is 1. The van der Waals surface area contributed by atoms with E-state index >= 15 is 0 Å². The van der Waals surface area contributed by atoms with Crippen LogP contribution in [-0.2, 0) is 19.6 Å². The zero-order valence-corrected chi connectivity index (χ0v) is 28.3. The summed E-state index contributed by atoms with van der Waals surface area (Å²) in [6.45, 7) is 21.3. The Morgan fingerprint density at radius 1 is 1.13 bits per heavy atom. The molecule has 1 fully saturated rings. The summed E-state index contributed by atoms with van der Waals surface area (Å²) >= 11 is -0.160. The number of carbonyl (C=O) groups excluding carboxylic acids is 1. The van der Waals surface area contributed by atoms with Crippen LogP contribution in [0.15, 0.2) is 47.1 Å². The van der Waals surface area contributed by atoms with Crippen molar-refractivity contribution in [1.29, 1.82) is 0 Å². The molecule has 1 aliphatic carbocycles. The van der Waals surface area contributed by atoms with E-state index in [4.69, 9.17) is 13.6 Å². The van der Waals surface area contributed by atoms with Gasteiger partial charge in [-0.05, 0) is 0 Å². The Kier molecular flexibility index (Phi) is 9.07. The molecule has 0 unspecified atom stereocenters. The van der Waals surface area contributed by atoms with E-state index in [2.05, 4.69) is 72.6 Å². The van der Waals surface area contributed by atoms with Crippen LogP contribution >= 0.6 is 0 Å². The summed E-state index contributed by atoms with van der Waals surface area (Å²) in [6.07, 6.45) is -0.169. The molecule has 9 heteroatoms. The van der Waals surface area contributed by atoms with Crippen molar-refractivity contribution in [2.45, 2.75) is 101 Å². The van der Waals surface area contributed by atoms with Gasteiger partial charge in [0.15, 0.2) is 0 Å². The summed E-state index contributed by atoms with van der Waals surface area (Å²) in [5, 5.41) is 25.5. The van der Waals surface area contributed by atoms with Gasteiger partial charge in [0.25, 0.3) is 0 Å². The molecule has 0 spiro atoms. The van der Waals surface area contributed by atoms with Crippen LogP contribution in [0.2, 0.25) is 42.1 Å². The minimum absolute atomic E-state index is 0.109. The van der Waals surface area contributed by atoms with Gasteiger partial charge < -0.3 is 0 Å². The van der Waals surface area contributed by atoms with Crippen molar-refractivity contribution < 1.29 is 28.6 Å².